The summed E-state index contributed by atoms with van der Waals surface area (Å²) in [5.74, 6) is 1.02. The fourth-order valence-electron chi connectivity index (χ4n) is 2.45. The highest BCUT2D eigenvalue weighted by molar-refractivity contribution is 5.83. The predicted octanol–water partition coefficient (Wildman–Crippen LogP) is 2.78. The Hall–Kier alpha value is -0.860. The van der Waals surface area contributed by atoms with Gasteiger partial charge in [0.15, 0.2) is 0 Å². The minimum atomic E-state index is 0.0963. The summed E-state index contributed by atoms with van der Waals surface area (Å²) in [6, 6.07) is 0. The molecule has 0 heterocycles. The predicted molar refractivity (Wildman–Crippen MR) is 68.7 cm³/mol. The van der Waals surface area contributed by atoms with E-state index in [9.17, 15) is 9.59 Å². The van der Waals surface area contributed by atoms with Gasteiger partial charge in [0.1, 0.15) is 5.78 Å². The van der Waals surface area contributed by atoms with Crippen LogP contribution in [0.15, 0.2) is 0 Å². The lowest BCUT2D eigenvalue weighted by Crippen LogP contribution is -2.29. The number of hydrogen-bond donors (Lipinski definition) is 0. The highest BCUT2D eigenvalue weighted by Crippen LogP contribution is 2.26. The van der Waals surface area contributed by atoms with Crippen LogP contribution in [0.3, 0.4) is 0 Å². The quantitative estimate of drug-likeness (QED) is 0.714. The number of hydrogen-bond acceptors (Lipinski definition) is 2. The number of carbonyl (C=O) groups excluding carboxylic acids is 2. The van der Waals surface area contributed by atoms with Crippen LogP contribution in [0.2, 0.25) is 0 Å². The van der Waals surface area contributed by atoms with Crippen LogP contribution in [0.5, 0.6) is 0 Å². The molecule has 98 valence electrons. The van der Waals surface area contributed by atoms with Gasteiger partial charge >= 0.3 is 0 Å². The minimum Gasteiger partial charge on any atom is -0.346 e. The van der Waals surface area contributed by atoms with E-state index >= 15 is 0 Å². The fourth-order valence-corrected chi connectivity index (χ4v) is 2.45. The SMILES string of the molecule is CC(=O)CCC(=O)N(C)CCC1CCCCC1. The third kappa shape index (κ3) is 5.85. The monoisotopic (exact) mass is 239 g/mol. The van der Waals surface area contributed by atoms with E-state index in [4.69, 9.17) is 0 Å². The molecular weight excluding hydrogens is 214 g/mol. The molecule has 1 saturated carbocycles. The van der Waals surface area contributed by atoms with Crippen molar-refractivity contribution < 1.29 is 9.59 Å². The van der Waals surface area contributed by atoms with E-state index in [1.807, 2.05) is 7.05 Å². The molecule has 0 atom stereocenters. The van der Waals surface area contributed by atoms with Gasteiger partial charge in [-0.05, 0) is 19.3 Å². The van der Waals surface area contributed by atoms with Crippen molar-refractivity contribution in [1.29, 1.82) is 0 Å². The molecule has 1 fully saturated rings. The first-order valence-corrected chi connectivity index (χ1v) is 6.83. The molecule has 3 heteroatoms. The molecule has 1 rings (SSSR count). The number of ketones is 1. The Morgan fingerprint density at radius 2 is 1.76 bits per heavy atom. The third-order valence-corrected chi connectivity index (χ3v) is 3.71. The van der Waals surface area contributed by atoms with Gasteiger partial charge in [-0.25, -0.2) is 0 Å². The second-order valence-corrected chi connectivity index (χ2v) is 5.31. The molecule has 0 aliphatic heterocycles. The number of nitrogens with zero attached hydrogens (tertiary/aromatic N) is 1. The summed E-state index contributed by atoms with van der Waals surface area (Å²) < 4.78 is 0. The molecular formula is C14H25NO2. The Bertz CT molecular complexity index is 257. The Kier molecular flexibility index (Phi) is 6.23. The van der Waals surface area contributed by atoms with E-state index in [1.165, 1.54) is 39.0 Å². The van der Waals surface area contributed by atoms with Crippen molar-refractivity contribution in [3.05, 3.63) is 0 Å². The maximum atomic E-state index is 11.7. The Balaban J connectivity index is 2.16. The van der Waals surface area contributed by atoms with Crippen LogP contribution in [0.1, 0.15) is 58.3 Å². The van der Waals surface area contributed by atoms with Crippen LogP contribution in [-0.4, -0.2) is 30.2 Å². The summed E-state index contributed by atoms with van der Waals surface area (Å²) in [6.45, 7) is 2.39. The van der Waals surface area contributed by atoms with Gasteiger partial charge in [-0.1, -0.05) is 32.1 Å². The number of Topliss-reactive ketones (excluding diaryl/α,β-unsaturated/α-hetero) is 1. The number of rotatable bonds is 6. The second-order valence-electron chi connectivity index (χ2n) is 5.31. The van der Waals surface area contributed by atoms with Crippen LogP contribution in [0, 0.1) is 5.92 Å². The molecule has 0 N–H and O–H groups in total. The summed E-state index contributed by atoms with van der Waals surface area (Å²) >= 11 is 0. The van der Waals surface area contributed by atoms with Crippen molar-refractivity contribution in [2.45, 2.75) is 58.3 Å². The summed E-state index contributed by atoms with van der Waals surface area (Å²) in [7, 11) is 1.85. The highest BCUT2D eigenvalue weighted by Gasteiger charge is 2.15. The molecule has 0 aromatic carbocycles. The summed E-state index contributed by atoms with van der Waals surface area (Å²) in [5.41, 5.74) is 0. The summed E-state index contributed by atoms with van der Waals surface area (Å²) in [4.78, 5) is 24.3. The first kappa shape index (κ1) is 14.2. The van der Waals surface area contributed by atoms with Crippen molar-refractivity contribution >= 4 is 11.7 Å². The lowest BCUT2D eigenvalue weighted by molar-refractivity contribution is -0.132. The highest BCUT2D eigenvalue weighted by atomic mass is 16.2. The first-order valence-electron chi connectivity index (χ1n) is 6.83. The first-order chi connectivity index (χ1) is 8.09. The summed E-state index contributed by atoms with van der Waals surface area (Å²) in [5, 5.41) is 0. The van der Waals surface area contributed by atoms with Crippen LogP contribution >= 0.6 is 0 Å². The zero-order valence-electron chi connectivity index (χ0n) is 11.2. The molecule has 0 saturated heterocycles. The molecule has 0 aromatic heterocycles. The molecule has 0 unspecified atom stereocenters. The van der Waals surface area contributed by atoms with E-state index in [0.717, 1.165) is 18.9 Å². The van der Waals surface area contributed by atoms with E-state index in [1.54, 1.807) is 4.90 Å². The minimum absolute atomic E-state index is 0.0963. The smallest absolute Gasteiger partial charge is 0.222 e. The zero-order valence-corrected chi connectivity index (χ0v) is 11.2. The average molecular weight is 239 g/mol. The van der Waals surface area contributed by atoms with E-state index in [2.05, 4.69) is 0 Å². The van der Waals surface area contributed by atoms with E-state index in [-0.39, 0.29) is 11.7 Å². The average Bonchev–Trinajstić information content (AvgIpc) is 2.34. The van der Waals surface area contributed by atoms with Gasteiger partial charge in [0.25, 0.3) is 0 Å². The van der Waals surface area contributed by atoms with Gasteiger partial charge in [-0.3, -0.25) is 4.79 Å². The standard InChI is InChI=1S/C14H25NO2/c1-12(16)8-9-14(17)15(2)11-10-13-6-4-3-5-7-13/h13H,3-11H2,1-2H3. The Morgan fingerprint density at radius 1 is 1.12 bits per heavy atom. The van der Waals surface area contributed by atoms with Crippen LogP contribution in [-0.2, 0) is 9.59 Å². The van der Waals surface area contributed by atoms with Crippen molar-refractivity contribution in [2.75, 3.05) is 13.6 Å². The number of amides is 1. The van der Waals surface area contributed by atoms with E-state index < -0.39 is 0 Å². The molecule has 1 aliphatic carbocycles. The Morgan fingerprint density at radius 3 is 2.35 bits per heavy atom. The molecule has 0 radical (unpaired) electrons. The van der Waals surface area contributed by atoms with Crippen LogP contribution < -0.4 is 0 Å². The molecule has 0 spiro atoms. The molecule has 1 aliphatic rings. The fraction of sp³-hybridized carbons (Fsp3) is 0.857. The van der Waals surface area contributed by atoms with Crippen LogP contribution in [0.25, 0.3) is 0 Å². The maximum absolute atomic E-state index is 11.7. The number of carbonyl (C=O) groups is 2. The van der Waals surface area contributed by atoms with Gasteiger partial charge in [-0.15, -0.1) is 0 Å². The maximum Gasteiger partial charge on any atom is 0.222 e. The van der Waals surface area contributed by atoms with Crippen molar-refractivity contribution in [3.63, 3.8) is 0 Å². The molecule has 0 bridgehead atoms. The second kappa shape index (κ2) is 7.46. The van der Waals surface area contributed by atoms with Crippen molar-refractivity contribution in [1.82, 2.24) is 4.90 Å². The van der Waals surface area contributed by atoms with Gasteiger partial charge in [-0.2, -0.15) is 0 Å². The molecule has 3 nitrogen and oxygen atoms in total. The van der Waals surface area contributed by atoms with Gasteiger partial charge in [0.2, 0.25) is 5.91 Å². The van der Waals surface area contributed by atoms with Crippen molar-refractivity contribution in [2.24, 2.45) is 5.92 Å². The summed E-state index contributed by atoms with van der Waals surface area (Å²) in [6.07, 6.45) is 8.62. The Labute approximate surface area is 105 Å². The molecule has 0 aromatic rings. The van der Waals surface area contributed by atoms with Gasteiger partial charge < -0.3 is 9.69 Å². The lowest BCUT2D eigenvalue weighted by atomic mass is 9.87. The van der Waals surface area contributed by atoms with Gasteiger partial charge in [0.05, 0.1) is 0 Å². The lowest BCUT2D eigenvalue weighted by Gasteiger charge is -2.24. The van der Waals surface area contributed by atoms with Crippen LogP contribution in [0.4, 0.5) is 0 Å². The normalized spacial score (nSPS) is 16.8. The molecule has 1 amide bonds. The molecule has 17 heavy (non-hydrogen) atoms. The topological polar surface area (TPSA) is 37.4 Å². The van der Waals surface area contributed by atoms with Crippen molar-refractivity contribution in [3.8, 4) is 0 Å². The third-order valence-electron chi connectivity index (χ3n) is 3.71. The van der Waals surface area contributed by atoms with E-state index in [0.29, 0.717) is 12.8 Å². The van der Waals surface area contributed by atoms with Gasteiger partial charge in [0, 0.05) is 26.4 Å². The zero-order chi connectivity index (χ0) is 12.7. The largest absolute Gasteiger partial charge is 0.346 e.